The molecule has 0 amide bonds. The van der Waals surface area contributed by atoms with Crippen molar-refractivity contribution in [2.75, 3.05) is 18.8 Å². The van der Waals surface area contributed by atoms with Gasteiger partial charge in [-0.2, -0.15) is 5.10 Å². The molecule has 0 fully saturated rings. The third kappa shape index (κ3) is 1.90. The number of nitrogen functional groups attached to an aromatic ring is 1. The average molecular weight is 217 g/mol. The number of benzene rings is 1. The molecule has 1 aromatic rings. The summed E-state index contributed by atoms with van der Waals surface area (Å²) in [5, 5.41) is 6.79. The standard InChI is InChI=1S/C13H19N3/c1-4-16-9-13(2,3)12(15-16)10-5-7-11(14)8-6-10/h5-8H,4,9,14H2,1-3H3. The lowest BCUT2D eigenvalue weighted by Gasteiger charge is -2.20. The molecule has 2 rings (SSSR count). The summed E-state index contributed by atoms with van der Waals surface area (Å²) in [7, 11) is 0. The molecule has 0 spiro atoms. The Morgan fingerprint density at radius 1 is 1.31 bits per heavy atom. The first kappa shape index (κ1) is 11.0. The molecule has 0 saturated carbocycles. The highest BCUT2D eigenvalue weighted by Crippen LogP contribution is 2.30. The molecule has 0 unspecified atom stereocenters. The van der Waals surface area contributed by atoms with Crippen LogP contribution in [0.4, 0.5) is 5.69 Å². The minimum Gasteiger partial charge on any atom is -0.399 e. The molecular weight excluding hydrogens is 198 g/mol. The van der Waals surface area contributed by atoms with E-state index in [2.05, 4.69) is 43.0 Å². The SMILES string of the molecule is CCN1CC(C)(C)C(c2ccc(N)cc2)=N1. The Labute approximate surface area is 96.9 Å². The predicted octanol–water partition coefficient (Wildman–Crippen LogP) is 2.33. The van der Waals surface area contributed by atoms with E-state index in [0.717, 1.165) is 24.5 Å². The Hall–Kier alpha value is -1.51. The molecule has 16 heavy (non-hydrogen) atoms. The fraction of sp³-hybridized carbons (Fsp3) is 0.462. The van der Waals surface area contributed by atoms with Gasteiger partial charge in [0.2, 0.25) is 0 Å². The minimum atomic E-state index is 0.117. The Morgan fingerprint density at radius 3 is 2.44 bits per heavy atom. The van der Waals surface area contributed by atoms with E-state index in [4.69, 9.17) is 5.73 Å². The van der Waals surface area contributed by atoms with Crippen LogP contribution in [0.5, 0.6) is 0 Å². The number of anilines is 1. The number of rotatable bonds is 2. The lowest BCUT2D eigenvalue weighted by Crippen LogP contribution is -2.28. The molecule has 1 heterocycles. The Morgan fingerprint density at radius 2 is 1.94 bits per heavy atom. The van der Waals surface area contributed by atoms with Crippen LogP contribution in [0.15, 0.2) is 29.4 Å². The Kier molecular flexibility index (Phi) is 2.62. The molecule has 2 N–H and O–H groups in total. The maximum atomic E-state index is 5.70. The number of hydrogen-bond acceptors (Lipinski definition) is 3. The number of hydrogen-bond donors (Lipinski definition) is 1. The molecule has 86 valence electrons. The third-order valence-corrected chi connectivity index (χ3v) is 3.01. The van der Waals surface area contributed by atoms with Crippen molar-refractivity contribution in [2.45, 2.75) is 20.8 Å². The number of nitrogens with two attached hydrogens (primary N) is 1. The van der Waals surface area contributed by atoms with Gasteiger partial charge in [0.1, 0.15) is 0 Å². The van der Waals surface area contributed by atoms with E-state index in [9.17, 15) is 0 Å². The highest BCUT2D eigenvalue weighted by Gasteiger charge is 2.34. The van der Waals surface area contributed by atoms with Crippen LogP contribution >= 0.6 is 0 Å². The maximum Gasteiger partial charge on any atom is 0.0752 e. The van der Waals surface area contributed by atoms with Gasteiger partial charge in [0.15, 0.2) is 0 Å². The van der Waals surface area contributed by atoms with Gasteiger partial charge >= 0.3 is 0 Å². The predicted molar refractivity (Wildman–Crippen MR) is 68.4 cm³/mol. The van der Waals surface area contributed by atoms with Crippen LogP contribution in [0.1, 0.15) is 26.3 Å². The fourth-order valence-electron chi connectivity index (χ4n) is 2.12. The van der Waals surface area contributed by atoms with Crippen molar-refractivity contribution >= 4 is 11.4 Å². The van der Waals surface area contributed by atoms with Crippen LogP contribution in [0.3, 0.4) is 0 Å². The monoisotopic (exact) mass is 217 g/mol. The van der Waals surface area contributed by atoms with Gasteiger partial charge in [0, 0.05) is 24.2 Å². The zero-order valence-corrected chi connectivity index (χ0v) is 10.2. The van der Waals surface area contributed by atoms with Crippen molar-refractivity contribution in [3.8, 4) is 0 Å². The molecule has 0 aliphatic carbocycles. The maximum absolute atomic E-state index is 5.70. The molecule has 1 aliphatic rings. The first-order chi connectivity index (χ1) is 7.53. The second-order valence-electron chi connectivity index (χ2n) is 4.94. The molecular formula is C13H19N3. The quantitative estimate of drug-likeness (QED) is 0.772. The average Bonchev–Trinajstić information content (AvgIpc) is 2.55. The first-order valence-corrected chi connectivity index (χ1v) is 5.73. The molecule has 0 atom stereocenters. The summed E-state index contributed by atoms with van der Waals surface area (Å²) in [6.45, 7) is 8.55. The van der Waals surface area contributed by atoms with Crippen molar-refractivity contribution in [1.29, 1.82) is 0 Å². The summed E-state index contributed by atoms with van der Waals surface area (Å²) in [5.74, 6) is 0. The van der Waals surface area contributed by atoms with Gasteiger partial charge in [-0.25, -0.2) is 0 Å². The fourth-order valence-corrected chi connectivity index (χ4v) is 2.12. The van der Waals surface area contributed by atoms with Crippen LogP contribution in [0, 0.1) is 5.41 Å². The molecule has 1 aliphatic heterocycles. The van der Waals surface area contributed by atoms with Crippen molar-refractivity contribution in [3.05, 3.63) is 29.8 Å². The van der Waals surface area contributed by atoms with Crippen LogP contribution in [0.25, 0.3) is 0 Å². The summed E-state index contributed by atoms with van der Waals surface area (Å²) in [5.41, 5.74) is 8.95. The van der Waals surface area contributed by atoms with E-state index in [1.165, 1.54) is 5.56 Å². The van der Waals surface area contributed by atoms with E-state index in [0.29, 0.717) is 0 Å². The van der Waals surface area contributed by atoms with Crippen LogP contribution in [-0.2, 0) is 0 Å². The summed E-state index contributed by atoms with van der Waals surface area (Å²) in [6.07, 6.45) is 0. The first-order valence-electron chi connectivity index (χ1n) is 5.73. The lowest BCUT2D eigenvalue weighted by molar-refractivity contribution is 0.279. The molecule has 1 aromatic carbocycles. The van der Waals surface area contributed by atoms with E-state index in [1.807, 2.05) is 12.1 Å². The Bertz CT molecular complexity index is 404. The number of nitrogens with zero attached hydrogens (tertiary/aromatic N) is 2. The molecule has 3 heteroatoms. The Balaban J connectivity index is 2.35. The smallest absolute Gasteiger partial charge is 0.0752 e. The van der Waals surface area contributed by atoms with E-state index >= 15 is 0 Å². The van der Waals surface area contributed by atoms with Crippen molar-refractivity contribution in [3.63, 3.8) is 0 Å². The van der Waals surface area contributed by atoms with Gasteiger partial charge in [0.05, 0.1) is 5.71 Å². The summed E-state index contributed by atoms with van der Waals surface area (Å²) >= 11 is 0. The van der Waals surface area contributed by atoms with Crippen LogP contribution < -0.4 is 5.73 Å². The van der Waals surface area contributed by atoms with Crippen molar-refractivity contribution < 1.29 is 0 Å². The second kappa shape index (κ2) is 3.81. The van der Waals surface area contributed by atoms with Crippen molar-refractivity contribution in [2.24, 2.45) is 10.5 Å². The largest absolute Gasteiger partial charge is 0.399 e. The van der Waals surface area contributed by atoms with Gasteiger partial charge in [-0.3, -0.25) is 5.01 Å². The van der Waals surface area contributed by atoms with E-state index < -0.39 is 0 Å². The van der Waals surface area contributed by atoms with Crippen molar-refractivity contribution in [1.82, 2.24) is 5.01 Å². The normalized spacial score (nSPS) is 18.7. The molecule has 0 aromatic heterocycles. The van der Waals surface area contributed by atoms with E-state index in [1.54, 1.807) is 0 Å². The summed E-state index contributed by atoms with van der Waals surface area (Å²) < 4.78 is 0. The molecule has 0 bridgehead atoms. The topological polar surface area (TPSA) is 41.6 Å². The second-order valence-corrected chi connectivity index (χ2v) is 4.94. The zero-order chi connectivity index (χ0) is 11.8. The summed E-state index contributed by atoms with van der Waals surface area (Å²) in [4.78, 5) is 0. The van der Waals surface area contributed by atoms with Gasteiger partial charge in [0.25, 0.3) is 0 Å². The number of hydrazone groups is 1. The van der Waals surface area contributed by atoms with Crippen LogP contribution in [0.2, 0.25) is 0 Å². The van der Waals surface area contributed by atoms with Gasteiger partial charge in [-0.15, -0.1) is 0 Å². The molecule has 0 saturated heterocycles. The molecule has 3 nitrogen and oxygen atoms in total. The third-order valence-electron chi connectivity index (χ3n) is 3.01. The summed E-state index contributed by atoms with van der Waals surface area (Å²) in [6, 6.07) is 7.97. The molecule has 0 radical (unpaired) electrons. The minimum absolute atomic E-state index is 0.117. The lowest BCUT2D eigenvalue weighted by atomic mass is 9.84. The van der Waals surface area contributed by atoms with Gasteiger partial charge < -0.3 is 5.73 Å². The highest BCUT2D eigenvalue weighted by molar-refractivity contribution is 6.05. The van der Waals surface area contributed by atoms with E-state index in [-0.39, 0.29) is 5.41 Å². The van der Waals surface area contributed by atoms with Gasteiger partial charge in [-0.05, 0) is 24.6 Å². The van der Waals surface area contributed by atoms with Crippen LogP contribution in [-0.4, -0.2) is 23.8 Å². The zero-order valence-electron chi connectivity index (χ0n) is 10.2. The highest BCUT2D eigenvalue weighted by atomic mass is 15.5. The van der Waals surface area contributed by atoms with Gasteiger partial charge in [-0.1, -0.05) is 26.0 Å².